The van der Waals surface area contributed by atoms with Crippen LogP contribution in [0.5, 0.6) is 0 Å². The molecular formula is C20H16ClN7O2. The number of hydrogen-bond acceptors (Lipinski definition) is 7. The number of carbonyl (C=O) groups is 1. The summed E-state index contributed by atoms with van der Waals surface area (Å²) in [6.45, 7) is 0.503. The van der Waals surface area contributed by atoms with Gasteiger partial charge in [0.05, 0.1) is 34.5 Å². The maximum absolute atomic E-state index is 12.4. The van der Waals surface area contributed by atoms with E-state index in [1.807, 2.05) is 0 Å². The Morgan fingerprint density at radius 1 is 1.07 bits per heavy atom. The smallest absolute Gasteiger partial charge is 0.267 e. The number of fused-ring (bicyclic) bond motifs is 2. The molecule has 0 atom stereocenters. The van der Waals surface area contributed by atoms with Gasteiger partial charge in [0.2, 0.25) is 0 Å². The van der Waals surface area contributed by atoms with Crippen LogP contribution in [-0.4, -0.2) is 49.0 Å². The number of benzene rings is 1. The fourth-order valence-corrected chi connectivity index (χ4v) is 3.15. The number of pyridine rings is 1. The van der Waals surface area contributed by atoms with Crippen molar-refractivity contribution in [3.63, 3.8) is 0 Å². The molecule has 10 heteroatoms. The van der Waals surface area contributed by atoms with Crippen LogP contribution in [0.4, 0.5) is 5.82 Å². The average molecular weight is 422 g/mol. The highest BCUT2D eigenvalue weighted by Gasteiger charge is 2.21. The normalized spacial score (nSPS) is 12.6. The molecule has 9 nitrogen and oxygen atoms in total. The van der Waals surface area contributed by atoms with Crippen molar-refractivity contribution < 1.29 is 4.79 Å². The fourth-order valence-electron chi connectivity index (χ4n) is 2.90. The second-order valence-electron chi connectivity index (χ2n) is 6.39. The van der Waals surface area contributed by atoms with Gasteiger partial charge in [0.15, 0.2) is 0 Å². The standard InChI is InChI=1S/C13H8ClN3O.C7H8N4O/c14-10-4-1-5-11-12(10)13(18)17(8-16-11)9-3-2-6-15-7-9;1-11-4-10-6-5(7(11)12)2-8-3-9-6/h1-8H;2-3H,4H2,1H3,(H,8,9,10). The molecule has 0 aliphatic carbocycles. The Kier molecular flexibility index (Phi) is 5.36. The van der Waals surface area contributed by atoms with Crippen LogP contribution in [0.15, 0.2) is 66.4 Å². The summed E-state index contributed by atoms with van der Waals surface area (Å²) in [6.07, 6.45) is 7.68. The third-order valence-electron chi connectivity index (χ3n) is 4.43. The second-order valence-corrected chi connectivity index (χ2v) is 6.80. The topological polar surface area (TPSA) is 106 Å². The first-order chi connectivity index (χ1) is 14.6. The number of nitrogens with zero attached hydrogens (tertiary/aromatic N) is 6. The molecule has 150 valence electrons. The minimum Gasteiger partial charge on any atom is -0.352 e. The van der Waals surface area contributed by atoms with E-state index in [0.29, 0.717) is 39.7 Å². The Morgan fingerprint density at radius 2 is 1.93 bits per heavy atom. The highest BCUT2D eigenvalue weighted by atomic mass is 35.5. The first-order valence-corrected chi connectivity index (χ1v) is 9.29. The summed E-state index contributed by atoms with van der Waals surface area (Å²) < 4.78 is 1.43. The van der Waals surface area contributed by atoms with Gasteiger partial charge in [0.25, 0.3) is 11.5 Å². The molecule has 1 N–H and O–H groups in total. The second kappa shape index (κ2) is 8.26. The Balaban J connectivity index is 0.000000158. The molecule has 4 aromatic rings. The van der Waals surface area contributed by atoms with Gasteiger partial charge in [-0.15, -0.1) is 0 Å². The number of aromatic nitrogens is 5. The van der Waals surface area contributed by atoms with Crippen molar-refractivity contribution in [1.29, 1.82) is 0 Å². The summed E-state index contributed by atoms with van der Waals surface area (Å²) in [4.78, 5) is 41.3. The van der Waals surface area contributed by atoms with Crippen LogP contribution in [0, 0.1) is 0 Å². The molecule has 4 heterocycles. The highest BCUT2D eigenvalue weighted by molar-refractivity contribution is 6.35. The zero-order chi connectivity index (χ0) is 21.1. The fraction of sp³-hybridized carbons (Fsp3) is 0.100. The predicted octanol–water partition coefficient (Wildman–Crippen LogP) is 2.37. The number of rotatable bonds is 1. The lowest BCUT2D eigenvalue weighted by Gasteiger charge is -2.24. The third kappa shape index (κ3) is 3.70. The number of halogens is 1. The molecule has 0 spiro atoms. The summed E-state index contributed by atoms with van der Waals surface area (Å²) in [5.41, 5.74) is 1.59. The number of amides is 1. The SMILES string of the molecule is CN1CNc2ncncc2C1=O.O=c1c2c(Cl)cccc2ncn1-c1cccnc1. The molecule has 5 rings (SSSR count). The van der Waals surface area contributed by atoms with E-state index < -0.39 is 0 Å². The highest BCUT2D eigenvalue weighted by Crippen LogP contribution is 2.18. The van der Waals surface area contributed by atoms with Gasteiger partial charge in [0, 0.05) is 19.4 Å². The molecule has 0 saturated heterocycles. The minimum atomic E-state index is -0.196. The zero-order valence-electron chi connectivity index (χ0n) is 15.9. The first-order valence-electron chi connectivity index (χ1n) is 8.92. The third-order valence-corrected chi connectivity index (χ3v) is 4.75. The van der Waals surface area contributed by atoms with E-state index in [0.717, 1.165) is 0 Å². The molecule has 0 radical (unpaired) electrons. The average Bonchev–Trinajstić information content (AvgIpc) is 2.78. The maximum Gasteiger partial charge on any atom is 0.267 e. The van der Waals surface area contributed by atoms with Crippen molar-refractivity contribution in [1.82, 2.24) is 29.4 Å². The lowest BCUT2D eigenvalue weighted by atomic mass is 10.2. The van der Waals surface area contributed by atoms with Crippen LogP contribution < -0.4 is 10.9 Å². The molecule has 30 heavy (non-hydrogen) atoms. The first kappa shape index (κ1) is 19.5. The van der Waals surface area contributed by atoms with Crippen molar-refractivity contribution in [2.45, 2.75) is 0 Å². The van der Waals surface area contributed by atoms with E-state index in [4.69, 9.17) is 11.6 Å². The number of nitrogens with one attached hydrogen (secondary N) is 1. The monoisotopic (exact) mass is 421 g/mol. The van der Waals surface area contributed by atoms with Gasteiger partial charge in [-0.1, -0.05) is 17.7 Å². The summed E-state index contributed by atoms with van der Waals surface area (Å²) in [6, 6.07) is 8.76. The predicted molar refractivity (Wildman–Crippen MR) is 113 cm³/mol. The van der Waals surface area contributed by atoms with Gasteiger partial charge < -0.3 is 10.2 Å². The summed E-state index contributed by atoms with van der Waals surface area (Å²) in [7, 11) is 1.73. The van der Waals surface area contributed by atoms with Crippen molar-refractivity contribution in [2.24, 2.45) is 0 Å². The van der Waals surface area contributed by atoms with Gasteiger partial charge in [-0.2, -0.15) is 0 Å². The van der Waals surface area contributed by atoms with Gasteiger partial charge in [-0.05, 0) is 24.3 Å². The quantitative estimate of drug-likeness (QED) is 0.502. The van der Waals surface area contributed by atoms with Gasteiger partial charge in [-0.3, -0.25) is 19.1 Å². The Hall–Kier alpha value is -3.85. The van der Waals surface area contributed by atoms with Gasteiger partial charge in [0.1, 0.15) is 24.0 Å². The van der Waals surface area contributed by atoms with Crippen LogP contribution >= 0.6 is 11.6 Å². The lowest BCUT2D eigenvalue weighted by Crippen LogP contribution is -2.37. The van der Waals surface area contributed by atoms with Crippen LogP contribution in [0.25, 0.3) is 16.6 Å². The largest absolute Gasteiger partial charge is 0.352 e. The Labute approximate surface area is 176 Å². The van der Waals surface area contributed by atoms with Crippen molar-refractivity contribution in [3.05, 3.63) is 82.5 Å². The van der Waals surface area contributed by atoms with E-state index in [-0.39, 0.29) is 11.5 Å². The van der Waals surface area contributed by atoms with Crippen LogP contribution in [0.2, 0.25) is 5.02 Å². The van der Waals surface area contributed by atoms with E-state index in [1.165, 1.54) is 23.4 Å². The Morgan fingerprint density at radius 3 is 2.73 bits per heavy atom. The van der Waals surface area contributed by atoms with Crippen molar-refractivity contribution in [2.75, 3.05) is 19.0 Å². The summed E-state index contributed by atoms with van der Waals surface area (Å²) in [5, 5.41) is 3.82. The minimum absolute atomic E-state index is 0.0376. The number of hydrogen-bond donors (Lipinski definition) is 1. The number of anilines is 1. The van der Waals surface area contributed by atoms with E-state index in [1.54, 1.807) is 54.7 Å². The molecule has 1 amide bonds. The molecular weight excluding hydrogens is 406 g/mol. The molecule has 0 bridgehead atoms. The van der Waals surface area contributed by atoms with Crippen LogP contribution in [-0.2, 0) is 0 Å². The molecule has 3 aromatic heterocycles. The molecule has 1 aromatic carbocycles. The zero-order valence-corrected chi connectivity index (χ0v) is 16.6. The molecule has 0 unspecified atom stereocenters. The van der Waals surface area contributed by atoms with Crippen LogP contribution in [0.3, 0.4) is 0 Å². The number of carbonyl (C=O) groups excluding carboxylic acids is 1. The molecule has 1 aliphatic rings. The maximum atomic E-state index is 12.4. The van der Waals surface area contributed by atoms with Gasteiger partial charge >= 0.3 is 0 Å². The molecule has 0 saturated carbocycles. The summed E-state index contributed by atoms with van der Waals surface area (Å²) >= 11 is 6.05. The van der Waals surface area contributed by atoms with Crippen LogP contribution in [0.1, 0.15) is 10.4 Å². The van der Waals surface area contributed by atoms with E-state index >= 15 is 0 Å². The van der Waals surface area contributed by atoms with Crippen molar-refractivity contribution in [3.8, 4) is 5.69 Å². The van der Waals surface area contributed by atoms with E-state index in [9.17, 15) is 9.59 Å². The lowest BCUT2D eigenvalue weighted by molar-refractivity contribution is 0.0795. The summed E-state index contributed by atoms with van der Waals surface area (Å²) in [5.74, 6) is 0.581. The Bertz CT molecular complexity index is 1280. The van der Waals surface area contributed by atoms with Crippen molar-refractivity contribution >= 4 is 34.2 Å². The van der Waals surface area contributed by atoms with E-state index in [2.05, 4.69) is 25.3 Å². The van der Waals surface area contributed by atoms with Gasteiger partial charge in [-0.25, -0.2) is 15.0 Å². The molecule has 1 aliphatic heterocycles. The molecule has 0 fully saturated rings.